The molecule has 3 rings (SSSR count). The molecule has 0 spiro atoms. The molecule has 2 bridgehead atoms. The molecule has 3 unspecified atom stereocenters. The number of rotatable bonds is 6. The van der Waals surface area contributed by atoms with Gasteiger partial charge in [0, 0.05) is 32.0 Å². The number of ether oxygens (including phenoxy) is 1. The number of aliphatic hydroxyl groups excluding tert-OH is 1. The Kier molecular flexibility index (Phi) is 13.5. The molecule has 2 amide bonds. The van der Waals surface area contributed by atoms with Crippen LogP contribution in [0.25, 0.3) is 0 Å². The van der Waals surface area contributed by atoms with Gasteiger partial charge in [-0.3, -0.25) is 14.4 Å². The van der Waals surface area contributed by atoms with Crippen LogP contribution < -0.4 is 10.6 Å². The number of esters is 1. The zero-order chi connectivity index (χ0) is 34.0. The Bertz CT molecular complexity index is 1450. The van der Waals surface area contributed by atoms with Crippen LogP contribution in [0.1, 0.15) is 63.8 Å². The predicted octanol–water partition coefficient (Wildman–Crippen LogP) is 1.54. The second kappa shape index (κ2) is 16.8. The van der Waals surface area contributed by atoms with E-state index < -0.39 is 51.1 Å². The number of oxazole rings is 1. The fourth-order valence-electron chi connectivity index (χ4n) is 5.59. The van der Waals surface area contributed by atoms with E-state index in [9.17, 15) is 32.7 Å². The van der Waals surface area contributed by atoms with E-state index in [1.807, 2.05) is 20.8 Å². The van der Waals surface area contributed by atoms with E-state index in [0.29, 0.717) is 12.1 Å². The number of hydrogen-bond acceptors (Lipinski definition) is 11. The average Bonchev–Trinajstić information content (AvgIpc) is 3.64. The van der Waals surface area contributed by atoms with E-state index in [2.05, 4.69) is 15.6 Å². The van der Waals surface area contributed by atoms with Crippen LogP contribution in [0, 0.1) is 11.8 Å². The van der Waals surface area contributed by atoms with E-state index in [1.54, 1.807) is 32.1 Å². The lowest BCUT2D eigenvalue weighted by atomic mass is 9.94. The fraction of sp³-hybridized carbons (Fsp3) is 0.594. The Balaban J connectivity index is 1.99. The number of Topliss-reactive ketones (excluding diaryl/α,β-unsaturated/α-hetero) is 1. The van der Waals surface area contributed by atoms with Crippen molar-refractivity contribution in [2.24, 2.45) is 11.8 Å². The first-order valence-electron chi connectivity index (χ1n) is 15.6. The summed E-state index contributed by atoms with van der Waals surface area (Å²) >= 11 is 0. The number of hydrogen-bond donors (Lipinski definition) is 3. The van der Waals surface area contributed by atoms with Crippen molar-refractivity contribution >= 4 is 33.4 Å². The van der Waals surface area contributed by atoms with Crippen molar-refractivity contribution in [2.45, 2.75) is 77.4 Å². The van der Waals surface area contributed by atoms with Gasteiger partial charge in [-0.25, -0.2) is 18.2 Å². The van der Waals surface area contributed by atoms with Gasteiger partial charge in [0.05, 0.1) is 23.5 Å². The van der Waals surface area contributed by atoms with Gasteiger partial charge in [-0.05, 0) is 31.9 Å². The van der Waals surface area contributed by atoms with Crippen molar-refractivity contribution in [3.05, 3.63) is 53.8 Å². The molecule has 254 valence electrons. The number of amides is 2. The van der Waals surface area contributed by atoms with Crippen LogP contribution >= 0.6 is 0 Å². The minimum atomic E-state index is -3.85. The Labute approximate surface area is 270 Å². The molecule has 2 aliphatic heterocycles. The van der Waals surface area contributed by atoms with Crippen LogP contribution in [0.3, 0.4) is 0 Å². The predicted molar refractivity (Wildman–Crippen MR) is 170 cm³/mol. The SMILES string of the molecule is CCNCCS(=O)(=O)C1CCN2C(=O)c3coc(n3)CC(=O)CC(O)/C=C(C)/C=C/CNC(=O)/C=C/[C@@H](C)[C@@H](C(C)C)OC(=O)C12. The molecule has 1 aromatic rings. The molecular weight excluding hydrogens is 616 g/mol. The number of allylic oxidation sites excluding steroid dienone is 2. The first kappa shape index (κ1) is 36.8. The van der Waals surface area contributed by atoms with Crippen molar-refractivity contribution in [1.82, 2.24) is 20.5 Å². The highest BCUT2D eigenvalue weighted by atomic mass is 32.2. The molecule has 14 heteroatoms. The molecule has 0 saturated carbocycles. The quantitative estimate of drug-likeness (QED) is 0.296. The number of ketones is 1. The highest BCUT2D eigenvalue weighted by Crippen LogP contribution is 2.30. The van der Waals surface area contributed by atoms with E-state index in [-0.39, 0.29) is 73.8 Å². The van der Waals surface area contributed by atoms with Gasteiger partial charge in [-0.15, -0.1) is 0 Å². The Morgan fingerprint density at radius 1 is 1.20 bits per heavy atom. The number of carbonyl (C=O) groups is 4. The van der Waals surface area contributed by atoms with Crippen LogP contribution in [-0.2, 0) is 35.4 Å². The van der Waals surface area contributed by atoms with Crippen LogP contribution in [-0.4, -0.2) is 102 Å². The lowest BCUT2D eigenvalue weighted by Crippen LogP contribution is -2.50. The molecule has 13 nitrogen and oxygen atoms in total. The van der Waals surface area contributed by atoms with E-state index in [1.165, 1.54) is 12.2 Å². The molecule has 0 aliphatic carbocycles. The van der Waals surface area contributed by atoms with Crippen molar-refractivity contribution in [2.75, 3.05) is 31.9 Å². The second-order valence-corrected chi connectivity index (χ2v) is 14.4. The standard InChI is InChI=1S/C32H46N4O9S/c1-6-33-13-15-46(42,43)26-11-14-36-29(26)32(41)45-30(20(2)3)22(5)9-10-27(39)34-12-7-8-21(4)16-23(37)17-24(38)18-28-35-25(19-44-28)31(36)40/h7-10,16,19-20,22-23,26,29-30,33,37H,6,11-15,17-18H2,1-5H3,(H,34,39)/b8-7+,10-9+,21-16+/t22-,23?,26?,29?,30-/m1/s1. The number of cyclic esters (lactones) is 1. The normalized spacial score (nSPS) is 28.6. The molecule has 5 atom stereocenters. The van der Waals surface area contributed by atoms with Gasteiger partial charge >= 0.3 is 5.97 Å². The number of fused-ring (bicyclic) bond motifs is 3. The Morgan fingerprint density at radius 2 is 1.93 bits per heavy atom. The smallest absolute Gasteiger partial charge is 0.330 e. The van der Waals surface area contributed by atoms with Crippen molar-refractivity contribution < 1.29 is 41.9 Å². The molecule has 3 heterocycles. The summed E-state index contributed by atoms with van der Waals surface area (Å²) in [5.41, 5.74) is 0.499. The molecule has 1 fully saturated rings. The minimum Gasteiger partial charge on any atom is -0.460 e. The summed E-state index contributed by atoms with van der Waals surface area (Å²) < 4.78 is 38.3. The minimum absolute atomic E-state index is 0.0183. The van der Waals surface area contributed by atoms with Gasteiger partial charge < -0.3 is 29.8 Å². The summed E-state index contributed by atoms with van der Waals surface area (Å²) in [5.74, 6) is -3.28. The van der Waals surface area contributed by atoms with Gasteiger partial charge in [-0.2, -0.15) is 0 Å². The largest absolute Gasteiger partial charge is 0.460 e. The highest BCUT2D eigenvalue weighted by molar-refractivity contribution is 7.92. The van der Waals surface area contributed by atoms with Gasteiger partial charge in [0.25, 0.3) is 5.91 Å². The Hall–Kier alpha value is -3.62. The topological polar surface area (TPSA) is 185 Å². The van der Waals surface area contributed by atoms with Gasteiger partial charge in [0.15, 0.2) is 15.5 Å². The molecule has 1 aromatic heterocycles. The van der Waals surface area contributed by atoms with Crippen LogP contribution in [0.15, 0.2) is 46.6 Å². The number of sulfone groups is 1. The molecule has 1 saturated heterocycles. The third-order valence-corrected chi connectivity index (χ3v) is 10.1. The molecule has 3 N–H and O–H groups in total. The van der Waals surface area contributed by atoms with E-state index >= 15 is 0 Å². The van der Waals surface area contributed by atoms with Crippen LogP contribution in [0.4, 0.5) is 0 Å². The maximum absolute atomic E-state index is 13.9. The first-order chi connectivity index (χ1) is 21.7. The summed E-state index contributed by atoms with van der Waals surface area (Å²) in [6, 6.07) is -1.44. The summed E-state index contributed by atoms with van der Waals surface area (Å²) in [6.45, 7) is 9.98. The molecule has 2 aliphatic rings. The first-order valence-corrected chi connectivity index (χ1v) is 17.3. The lowest BCUT2D eigenvalue weighted by Gasteiger charge is -2.31. The number of aliphatic hydroxyl groups is 1. The zero-order valence-electron chi connectivity index (χ0n) is 27.1. The molecule has 0 aromatic carbocycles. The monoisotopic (exact) mass is 662 g/mol. The van der Waals surface area contributed by atoms with Gasteiger partial charge in [0.1, 0.15) is 24.2 Å². The van der Waals surface area contributed by atoms with Crippen LogP contribution in [0.2, 0.25) is 0 Å². The molecule has 0 radical (unpaired) electrons. The van der Waals surface area contributed by atoms with Crippen LogP contribution in [0.5, 0.6) is 0 Å². The van der Waals surface area contributed by atoms with Crippen molar-refractivity contribution in [1.29, 1.82) is 0 Å². The number of nitrogens with zero attached hydrogens (tertiary/aromatic N) is 2. The maximum Gasteiger partial charge on any atom is 0.330 e. The zero-order valence-corrected chi connectivity index (χ0v) is 27.9. The van der Waals surface area contributed by atoms with E-state index in [4.69, 9.17) is 9.15 Å². The van der Waals surface area contributed by atoms with Gasteiger partial charge in [0.2, 0.25) is 11.8 Å². The van der Waals surface area contributed by atoms with Crippen molar-refractivity contribution in [3.63, 3.8) is 0 Å². The summed E-state index contributed by atoms with van der Waals surface area (Å²) in [5, 5.41) is 14.9. The fourth-order valence-corrected chi connectivity index (χ4v) is 7.43. The summed E-state index contributed by atoms with van der Waals surface area (Å²) in [4.78, 5) is 57.9. The number of carbonyl (C=O) groups excluding carboxylic acids is 4. The number of aromatic nitrogens is 1. The van der Waals surface area contributed by atoms with Gasteiger partial charge in [-0.1, -0.05) is 57.6 Å². The van der Waals surface area contributed by atoms with E-state index in [0.717, 1.165) is 11.2 Å². The maximum atomic E-state index is 13.9. The third kappa shape index (κ3) is 10.2. The Morgan fingerprint density at radius 3 is 2.63 bits per heavy atom. The summed E-state index contributed by atoms with van der Waals surface area (Å²) in [6.07, 6.45) is 6.64. The lowest BCUT2D eigenvalue weighted by molar-refractivity contribution is -0.157. The number of nitrogens with one attached hydrogen (secondary N) is 2. The summed E-state index contributed by atoms with van der Waals surface area (Å²) in [7, 11) is -3.85. The van der Waals surface area contributed by atoms with Crippen molar-refractivity contribution in [3.8, 4) is 0 Å². The highest BCUT2D eigenvalue weighted by Gasteiger charge is 2.50. The third-order valence-electron chi connectivity index (χ3n) is 7.88. The molecular formula is C32H46N4O9S. The second-order valence-electron chi connectivity index (χ2n) is 12.0. The average molecular weight is 663 g/mol. The molecule has 46 heavy (non-hydrogen) atoms.